The molecule has 1 aromatic heterocycles. The van der Waals surface area contributed by atoms with Gasteiger partial charge in [0.1, 0.15) is 0 Å². The van der Waals surface area contributed by atoms with Gasteiger partial charge < -0.3 is 11.1 Å². The maximum atomic E-state index is 12.2. The number of hydrogen-bond donors (Lipinski definition) is 2. The van der Waals surface area contributed by atoms with E-state index in [4.69, 9.17) is 5.73 Å². The van der Waals surface area contributed by atoms with Gasteiger partial charge in [0.2, 0.25) is 0 Å². The fourth-order valence-electron chi connectivity index (χ4n) is 1.96. The summed E-state index contributed by atoms with van der Waals surface area (Å²) < 4.78 is 0. The zero-order valence-corrected chi connectivity index (χ0v) is 13.8. The van der Waals surface area contributed by atoms with Crippen LogP contribution >= 0.6 is 24.8 Å². The number of aromatic nitrogens is 1. The van der Waals surface area contributed by atoms with Gasteiger partial charge in [-0.05, 0) is 18.1 Å². The maximum Gasteiger partial charge on any atom is 0.252 e. The summed E-state index contributed by atoms with van der Waals surface area (Å²) >= 11 is 0. The number of halogens is 2. The van der Waals surface area contributed by atoms with Crippen molar-refractivity contribution in [1.82, 2.24) is 10.3 Å². The molecule has 1 heterocycles. The minimum atomic E-state index is -0.0917. The van der Waals surface area contributed by atoms with Crippen molar-refractivity contribution in [1.29, 1.82) is 0 Å². The minimum Gasteiger partial charge on any atom is -0.351 e. The molecule has 0 aliphatic carbocycles. The fourth-order valence-corrected chi connectivity index (χ4v) is 1.96. The highest BCUT2D eigenvalue weighted by Crippen LogP contribution is 2.22. The predicted molar refractivity (Wildman–Crippen MR) is 91.7 cm³/mol. The second kappa shape index (κ2) is 8.82. The first-order chi connectivity index (χ1) is 9.13. The van der Waals surface area contributed by atoms with E-state index in [9.17, 15) is 4.79 Å². The van der Waals surface area contributed by atoms with E-state index in [-0.39, 0.29) is 36.6 Å². The first-order valence-electron chi connectivity index (χ1n) is 6.51. The third-order valence-corrected chi connectivity index (χ3v) is 3.00. The van der Waals surface area contributed by atoms with Crippen LogP contribution in [0.1, 0.15) is 35.8 Å². The van der Waals surface area contributed by atoms with Crippen LogP contribution in [-0.2, 0) is 0 Å². The Labute approximate surface area is 137 Å². The van der Waals surface area contributed by atoms with Gasteiger partial charge in [0.05, 0.1) is 11.1 Å². The van der Waals surface area contributed by atoms with Gasteiger partial charge in [-0.25, -0.2) is 0 Å². The van der Waals surface area contributed by atoms with Gasteiger partial charge in [0.15, 0.2) is 0 Å². The largest absolute Gasteiger partial charge is 0.351 e. The maximum absolute atomic E-state index is 12.2. The predicted octanol–water partition coefficient (Wildman–Crippen LogP) is 2.89. The van der Waals surface area contributed by atoms with Crippen molar-refractivity contribution in [3.8, 4) is 0 Å². The van der Waals surface area contributed by atoms with Crippen LogP contribution < -0.4 is 11.1 Å². The molecule has 1 aromatic carbocycles. The lowest BCUT2D eigenvalue weighted by molar-refractivity contribution is 0.0956. The SMILES string of the molecule is CC(C)c1cc(C(=O)NCCN)c2ccccc2n1.Cl.Cl. The molecule has 0 unspecified atom stereocenters. The molecule has 0 atom stereocenters. The third kappa shape index (κ3) is 4.56. The smallest absolute Gasteiger partial charge is 0.252 e. The van der Waals surface area contributed by atoms with Gasteiger partial charge in [-0.1, -0.05) is 32.0 Å². The lowest BCUT2D eigenvalue weighted by atomic mass is 10.0. The van der Waals surface area contributed by atoms with Crippen molar-refractivity contribution >= 4 is 41.6 Å². The summed E-state index contributed by atoms with van der Waals surface area (Å²) in [6.07, 6.45) is 0. The van der Waals surface area contributed by atoms with Crippen molar-refractivity contribution in [3.05, 3.63) is 41.6 Å². The van der Waals surface area contributed by atoms with Gasteiger partial charge >= 0.3 is 0 Å². The monoisotopic (exact) mass is 329 g/mol. The summed E-state index contributed by atoms with van der Waals surface area (Å²) in [5.41, 5.74) is 7.87. The number of rotatable bonds is 4. The molecule has 4 nitrogen and oxygen atoms in total. The Morgan fingerprint density at radius 2 is 1.95 bits per heavy atom. The molecule has 0 radical (unpaired) electrons. The Hall–Kier alpha value is -1.36. The second-order valence-corrected chi connectivity index (χ2v) is 4.81. The van der Waals surface area contributed by atoms with Crippen LogP contribution in [0, 0.1) is 0 Å². The standard InChI is InChI=1S/C15H19N3O.2ClH/c1-10(2)14-9-12(15(19)17-8-7-16)11-5-3-4-6-13(11)18-14;;/h3-6,9-10H,7-8,16H2,1-2H3,(H,17,19);2*1H. The average Bonchev–Trinajstić information content (AvgIpc) is 2.43. The Morgan fingerprint density at radius 3 is 2.57 bits per heavy atom. The van der Waals surface area contributed by atoms with Gasteiger partial charge in [0, 0.05) is 24.2 Å². The quantitative estimate of drug-likeness (QED) is 0.906. The number of pyridine rings is 1. The van der Waals surface area contributed by atoms with Crippen molar-refractivity contribution in [2.24, 2.45) is 5.73 Å². The average molecular weight is 330 g/mol. The first-order valence-corrected chi connectivity index (χ1v) is 6.51. The topological polar surface area (TPSA) is 68.0 Å². The molecule has 0 saturated heterocycles. The number of amides is 1. The molecule has 2 aromatic rings. The number of carbonyl (C=O) groups is 1. The van der Waals surface area contributed by atoms with Crippen LogP contribution in [0.2, 0.25) is 0 Å². The Bertz CT molecular complexity index is 602. The Kier molecular flexibility index (Phi) is 8.25. The summed E-state index contributed by atoms with van der Waals surface area (Å²) in [6, 6.07) is 9.57. The number of nitrogens with two attached hydrogens (primary N) is 1. The summed E-state index contributed by atoms with van der Waals surface area (Å²) in [4.78, 5) is 16.8. The van der Waals surface area contributed by atoms with Crippen molar-refractivity contribution in [3.63, 3.8) is 0 Å². The van der Waals surface area contributed by atoms with E-state index >= 15 is 0 Å². The molecule has 1 amide bonds. The van der Waals surface area contributed by atoms with Crippen LogP contribution in [0.25, 0.3) is 10.9 Å². The van der Waals surface area contributed by atoms with E-state index in [1.807, 2.05) is 30.3 Å². The highest BCUT2D eigenvalue weighted by Gasteiger charge is 2.13. The molecule has 0 bridgehead atoms. The molecular formula is C15H21Cl2N3O. The molecule has 6 heteroatoms. The van der Waals surface area contributed by atoms with Crippen LogP contribution in [0.4, 0.5) is 0 Å². The summed E-state index contributed by atoms with van der Waals surface area (Å²) in [6.45, 7) is 5.05. The molecule has 116 valence electrons. The van der Waals surface area contributed by atoms with E-state index in [0.29, 0.717) is 18.7 Å². The van der Waals surface area contributed by atoms with Crippen LogP contribution in [0.5, 0.6) is 0 Å². The van der Waals surface area contributed by atoms with E-state index in [1.165, 1.54) is 0 Å². The first kappa shape index (κ1) is 19.6. The van der Waals surface area contributed by atoms with Crippen LogP contribution in [0.15, 0.2) is 30.3 Å². The molecule has 3 N–H and O–H groups in total. The minimum absolute atomic E-state index is 0. The molecule has 0 fully saturated rings. The summed E-state index contributed by atoms with van der Waals surface area (Å²) in [5.74, 6) is 0.191. The van der Waals surface area contributed by atoms with Gasteiger partial charge in [-0.3, -0.25) is 9.78 Å². The fraction of sp³-hybridized carbons (Fsp3) is 0.333. The molecule has 0 aliphatic rings. The lowest BCUT2D eigenvalue weighted by Gasteiger charge is -2.11. The molecule has 0 spiro atoms. The Morgan fingerprint density at radius 1 is 1.29 bits per heavy atom. The number of para-hydroxylation sites is 1. The normalized spacial score (nSPS) is 9.90. The second-order valence-electron chi connectivity index (χ2n) is 4.81. The molecule has 0 aliphatic heterocycles. The molecule has 21 heavy (non-hydrogen) atoms. The number of carbonyl (C=O) groups excluding carboxylic acids is 1. The molecule has 2 rings (SSSR count). The van der Waals surface area contributed by atoms with Crippen molar-refractivity contribution in [2.75, 3.05) is 13.1 Å². The summed E-state index contributed by atoms with van der Waals surface area (Å²) in [7, 11) is 0. The lowest BCUT2D eigenvalue weighted by Crippen LogP contribution is -2.29. The highest BCUT2D eigenvalue weighted by molar-refractivity contribution is 6.06. The van der Waals surface area contributed by atoms with Gasteiger partial charge in [-0.15, -0.1) is 24.8 Å². The number of fused-ring (bicyclic) bond motifs is 1. The van der Waals surface area contributed by atoms with Gasteiger partial charge in [-0.2, -0.15) is 0 Å². The van der Waals surface area contributed by atoms with E-state index in [1.54, 1.807) is 0 Å². The highest BCUT2D eigenvalue weighted by atomic mass is 35.5. The third-order valence-electron chi connectivity index (χ3n) is 3.00. The number of nitrogens with zero attached hydrogens (tertiary/aromatic N) is 1. The number of benzene rings is 1. The van der Waals surface area contributed by atoms with Crippen molar-refractivity contribution in [2.45, 2.75) is 19.8 Å². The molecule has 0 saturated carbocycles. The molecular weight excluding hydrogens is 309 g/mol. The zero-order valence-electron chi connectivity index (χ0n) is 12.1. The number of hydrogen-bond acceptors (Lipinski definition) is 3. The van der Waals surface area contributed by atoms with E-state index in [2.05, 4.69) is 24.1 Å². The number of nitrogens with one attached hydrogen (secondary N) is 1. The van der Waals surface area contributed by atoms with Crippen LogP contribution in [-0.4, -0.2) is 24.0 Å². The summed E-state index contributed by atoms with van der Waals surface area (Å²) in [5, 5.41) is 3.69. The van der Waals surface area contributed by atoms with E-state index < -0.39 is 0 Å². The van der Waals surface area contributed by atoms with Crippen molar-refractivity contribution < 1.29 is 4.79 Å². The Balaban J connectivity index is 0.00000200. The van der Waals surface area contributed by atoms with E-state index in [0.717, 1.165) is 16.6 Å². The van der Waals surface area contributed by atoms with Gasteiger partial charge in [0.25, 0.3) is 5.91 Å². The van der Waals surface area contributed by atoms with Crippen LogP contribution in [0.3, 0.4) is 0 Å². The zero-order chi connectivity index (χ0) is 13.8.